The van der Waals surface area contributed by atoms with Crippen LogP contribution in [0.3, 0.4) is 0 Å². The van der Waals surface area contributed by atoms with E-state index in [1.165, 1.54) is 86.3 Å². The van der Waals surface area contributed by atoms with Gasteiger partial charge >= 0.3 is 0 Å². The summed E-state index contributed by atoms with van der Waals surface area (Å²) in [6.07, 6.45) is 29.5. The molecule has 616 valence electrons. The maximum absolute atomic E-state index is 13.3. The number of phenols is 1. The van der Waals surface area contributed by atoms with Crippen molar-refractivity contribution < 1.29 is 46.2 Å². The van der Waals surface area contributed by atoms with Crippen molar-refractivity contribution in [2.45, 2.75) is 178 Å². The van der Waals surface area contributed by atoms with E-state index < -0.39 is 0 Å². The number of aromatic hydroxyl groups is 1. The summed E-state index contributed by atoms with van der Waals surface area (Å²) in [6.45, 7) is 0. The van der Waals surface area contributed by atoms with Crippen molar-refractivity contribution in [3.05, 3.63) is 303 Å². The average Bonchev–Trinajstić information content (AvgIpc) is 0.820. The fourth-order valence-electron chi connectivity index (χ4n) is 15.5. The molecule has 0 aliphatic heterocycles. The molecule has 0 spiro atoms. The molecular weight excluding hydrogens is 1610 g/mol. The van der Waals surface area contributed by atoms with Gasteiger partial charge < -0.3 is 26.4 Å². The van der Waals surface area contributed by atoms with E-state index in [0.29, 0.717) is 51.1 Å². The van der Waals surface area contributed by atoms with Gasteiger partial charge in [0, 0.05) is 55.4 Å². The first-order valence-electron chi connectivity index (χ1n) is 41.1. The van der Waals surface area contributed by atoms with Crippen LogP contribution in [-0.2, 0) is 44.9 Å². The molecule has 16 rings (SSSR count). The number of hydrogen-bond donors (Lipinski definition) is 5. The minimum atomic E-state index is -0.332. The molecule has 0 saturated heterocycles. The van der Waals surface area contributed by atoms with E-state index in [0.717, 1.165) is 174 Å². The summed E-state index contributed by atoms with van der Waals surface area (Å²) in [7, 11) is 0. The van der Waals surface area contributed by atoms with Gasteiger partial charge in [0.05, 0.1) is 96.0 Å². The van der Waals surface area contributed by atoms with Crippen LogP contribution in [0.4, 0.5) is 45.2 Å². The number of rotatable bonds is 20. The van der Waals surface area contributed by atoms with Crippen molar-refractivity contribution in [2.24, 2.45) is 0 Å². The maximum atomic E-state index is 13.3. The standard InChI is InChI=1S/C24H23BrFN3O.C24H23ClFN3O.C24H23F2N3O.C24H24FN3O2/c3*25-19-10-6-16(7-11-19)14-22(30)29-24-23(18-4-2-1-3-5-18)28-21(15-27-24)17-8-12-20(26)13-9-17;25-19-10-8-17(9-11-19)21-15-26-24(23(27-21)18-4-2-1-3-5-18)28-22(30)14-16-6-12-20(29)13-7-16/h3*6-13,15,18H,1-5,14H2,(H,27,29,30);6-13,15,18,29H,1-5,14H2,(H,26,28,30). The van der Waals surface area contributed by atoms with E-state index >= 15 is 0 Å². The molecule has 4 fully saturated rings. The lowest BCUT2D eigenvalue weighted by Gasteiger charge is -2.23. The molecule has 12 aromatic rings. The molecule has 4 amide bonds. The smallest absolute Gasteiger partial charge is 0.229 e. The summed E-state index contributed by atoms with van der Waals surface area (Å²) in [5.41, 5.74) is 12.5. The highest BCUT2D eigenvalue weighted by Crippen LogP contribution is 2.41. The Labute approximate surface area is 708 Å². The zero-order valence-corrected chi connectivity index (χ0v) is 68.7. The number of nitrogens with zero attached hydrogens (tertiary/aromatic N) is 8. The molecule has 17 nitrogen and oxygen atoms in total. The molecule has 4 aromatic heterocycles. The molecule has 4 aliphatic rings. The third-order valence-electron chi connectivity index (χ3n) is 21.9. The Kier molecular flexibility index (Phi) is 30.6. The van der Waals surface area contributed by atoms with Crippen molar-refractivity contribution in [1.82, 2.24) is 39.9 Å². The van der Waals surface area contributed by atoms with E-state index in [9.17, 15) is 46.2 Å². The molecule has 0 unspecified atom stereocenters. The Bertz CT molecular complexity index is 4740. The molecule has 24 heteroatoms. The van der Waals surface area contributed by atoms with Crippen LogP contribution in [-0.4, -0.2) is 68.6 Å². The first-order valence-corrected chi connectivity index (χ1v) is 42.2. The van der Waals surface area contributed by atoms with Crippen LogP contribution in [0.1, 0.15) is 197 Å². The SMILES string of the molecule is O=C(Cc1ccc(Br)cc1)Nc1ncc(-c2ccc(F)cc2)nc1C1CCCCC1.O=C(Cc1ccc(Cl)cc1)Nc1ncc(-c2ccc(F)cc2)nc1C1CCCCC1.O=C(Cc1ccc(F)cc1)Nc1ncc(-c2ccc(F)cc2)nc1C1CCCCC1.O=C(Cc1ccc(O)cc1)Nc1ncc(-c2ccc(F)cc2)nc1C1CCCCC1. The van der Waals surface area contributed by atoms with Gasteiger partial charge in [-0.05, 0) is 219 Å². The number of carbonyl (C=O) groups is 4. The summed E-state index contributed by atoms with van der Waals surface area (Å²) in [5, 5.41) is 21.8. The second kappa shape index (κ2) is 42.7. The van der Waals surface area contributed by atoms with Crippen molar-refractivity contribution >= 4 is 74.4 Å². The summed E-state index contributed by atoms with van der Waals surface area (Å²) < 4.78 is 67.2. The number of amides is 4. The summed E-state index contributed by atoms with van der Waals surface area (Å²) in [4.78, 5) is 88.0. The average molecular weight is 1710 g/mol. The second-order valence-electron chi connectivity index (χ2n) is 30.8. The van der Waals surface area contributed by atoms with E-state index in [1.807, 2.05) is 36.4 Å². The number of hydrogen-bond acceptors (Lipinski definition) is 13. The summed E-state index contributed by atoms with van der Waals surface area (Å²) in [5.74, 6) is 1.05. The number of carbonyl (C=O) groups excluding carboxylic acids is 4. The van der Waals surface area contributed by atoms with Crippen LogP contribution in [0.5, 0.6) is 5.75 Å². The lowest BCUT2D eigenvalue weighted by molar-refractivity contribution is -0.116. The van der Waals surface area contributed by atoms with Crippen molar-refractivity contribution in [2.75, 3.05) is 21.3 Å². The van der Waals surface area contributed by atoms with Gasteiger partial charge in [-0.15, -0.1) is 0 Å². The third kappa shape index (κ3) is 25.1. The van der Waals surface area contributed by atoms with Gasteiger partial charge in [-0.3, -0.25) is 19.2 Å². The van der Waals surface area contributed by atoms with Crippen LogP contribution < -0.4 is 21.3 Å². The topological polar surface area (TPSA) is 240 Å². The number of halogens is 7. The lowest BCUT2D eigenvalue weighted by atomic mass is 9.86. The monoisotopic (exact) mass is 1700 g/mol. The molecule has 0 atom stereocenters. The van der Waals surface area contributed by atoms with Crippen LogP contribution in [0.15, 0.2) is 223 Å². The van der Waals surface area contributed by atoms with Gasteiger partial charge in [0.2, 0.25) is 23.6 Å². The quantitative estimate of drug-likeness (QED) is 0.0447. The minimum Gasteiger partial charge on any atom is -0.508 e. The Balaban J connectivity index is 0.000000138. The van der Waals surface area contributed by atoms with Crippen molar-refractivity contribution in [1.29, 1.82) is 0 Å². The van der Waals surface area contributed by atoms with Gasteiger partial charge in [-0.25, -0.2) is 61.8 Å². The summed E-state index contributed by atoms with van der Waals surface area (Å²) >= 11 is 9.33. The van der Waals surface area contributed by atoms with Crippen LogP contribution >= 0.6 is 27.5 Å². The van der Waals surface area contributed by atoms with Gasteiger partial charge in [-0.2, -0.15) is 0 Å². The van der Waals surface area contributed by atoms with E-state index in [1.54, 1.807) is 122 Å². The highest BCUT2D eigenvalue weighted by atomic mass is 79.9. The zero-order chi connectivity index (χ0) is 83.7. The molecule has 0 radical (unpaired) electrons. The number of nitrogens with one attached hydrogen (secondary N) is 4. The Morgan fingerprint density at radius 2 is 0.517 bits per heavy atom. The fraction of sp³-hybridized carbons (Fsp3) is 0.292. The normalized spacial score (nSPS) is 14.5. The summed E-state index contributed by atoms with van der Waals surface area (Å²) in [6, 6.07) is 52.2. The first kappa shape index (κ1) is 86.0. The minimum absolute atomic E-state index is 0.113. The molecule has 120 heavy (non-hydrogen) atoms. The van der Waals surface area contributed by atoms with Gasteiger partial charge in [0.15, 0.2) is 23.3 Å². The van der Waals surface area contributed by atoms with Crippen molar-refractivity contribution in [3.63, 3.8) is 0 Å². The van der Waals surface area contributed by atoms with E-state index in [2.05, 4.69) is 57.1 Å². The van der Waals surface area contributed by atoms with Crippen LogP contribution in [0, 0.1) is 29.1 Å². The largest absolute Gasteiger partial charge is 0.508 e. The molecule has 4 saturated carbocycles. The Morgan fingerprint density at radius 1 is 0.308 bits per heavy atom. The Morgan fingerprint density at radius 3 is 0.758 bits per heavy atom. The number of benzene rings is 8. The van der Waals surface area contributed by atoms with Gasteiger partial charge in [0.25, 0.3) is 0 Å². The second-order valence-corrected chi connectivity index (χ2v) is 32.1. The molecule has 5 N–H and O–H groups in total. The van der Waals surface area contributed by atoms with Crippen molar-refractivity contribution in [3.8, 4) is 50.8 Å². The molecule has 4 aliphatic carbocycles. The highest BCUT2D eigenvalue weighted by molar-refractivity contribution is 9.10. The van der Waals surface area contributed by atoms with Crippen LogP contribution in [0.2, 0.25) is 5.02 Å². The predicted octanol–water partition coefficient (Wildman–Crippen LogP) is 23.3. The predicted molar refractivity (Wildman–Crippen MR) is 462 cm³/mol. The van der Waals surface area contributed by atoms with E-state index in [4.69, 9.17) is 31.5 Å². The fourth-order valence-corrected chi connectivity index (χ4v) is 15.9. The number of aromatic nitrogens is 8. The highest BCUT2D eigenvalue weighted by Gasteiger charge is 2.29. The molecule has 0 bridgehead atoms. The molecule has 8 aromatic carbocycles. The molecule has 4 heterocycles. The molecular formula is C96H93BrClF5N12O5. The van der Waals surface area contributed by atoms with Crippen LogP contribution in [0.25, 0.3) is 45.0 Å². The lowest BCUT2D eigenvalue weighted by Crippen LogP contribution is -2.19. The van der Waals surface area contributed by atoms with Gasteiger partial charge in [0.1, 0.15) is 34.8 Å². The zero-order valence-electron chi connectivity index (χ0n) is 66.4. The first-order chi connectivity index (χ1) is 58.3. The van der Waals surface area contributed by atoms with Gasteiger partial charge in [-0.1, -0.05) is 153 Å². The van der Waals surface area contributed by atoms with E-state index in [-0.39, 0.29) is 108 Å². The maximum Gasteiger partial charge on any atom is 0.229 e. The Hall–Kier alpha value is -11.8. The third-order valence-corrected chi connectivity index (χ3v) is 22.7. The number of phenolic OH excluding ortho intramolecular Hbond substituents is 1. The number of anilines is 4.